The fraction of sp³-hybridized carbons (Fsp3) is 0.917. The maximum Gasteiger partial charge on any atom is 0.322 e. The molecule has 94 valence electrons. The molecule has 16 heavy (non-hydrogen) atoms. The van der Waals surface area contributed by atoms with E-state index < -0.39 is 0 Å². The van der Waals surface area contributed by atoms with Crippen LogP contribution in [-0.4, -0.2) is 50.2 Å². The minimum atomic E-state index is -0.164. The van der Waals surface area contributed by atoms with E-state index in [9.17, 15) is 4.79 Å². The van der Waals surface area contributed by atoms with Gasteiger partial charge in [0.1, 0.15) is 6.04 Å². The zero-order chi connectivity index (χ0) is 12.0. The number of hydrogen-bond acceptors (Lipinski definition) is 4. The molecule has 1 N–H and O–H groups in total. The van der Waals surface area contributed by atoms with Crippen molar-refractivity contribution in [1.82, 2.24) is 10.2 Å². The Balaban J connectivity index is 2.34. The van der Waals surface area contributed by atoms with Gasteiger partial charge in [-0.1, -0.05) is 6.92 Å². The highest BCUT2D eigenvalue weighted by atomic mass is 16.5. The van der Waals surface area contributed by atoms with Crippen molar-refractivity contribution < 1.29 is 9.53 Å². The molecule has 4 nitrogen and oxygen atoms in total. The maximum atomic E-state index is 11.4. The third-order valence-corrected chi connectivity index (χ3v) is 3.51. The van der Waals surface area contributed by atoms with Crippen LogP contribution in [0.2, 0.25) is 0 Å². The van der Waals surface area contributed by atoms with Crippen LogP contribution in [0.15, 0.2) is 0 Å². The van der Waals surface area contributed by atoms with Gasteiger partial charge in [-0.3, -0.25) is 4.79 Å². The molecule has 2 unspecified atom stereocenters. The summed E-state index contributed by atoms with van der Waals surface area (Å²) in [4.78, 5) is 13.9. The van der Waals surface area contributed by atoms with Crippen LogP contribution in [0.5, 0.6) is 0 Å². The van der Waals surface area contributed by atoms with Crippen LogP contribution in [0.1, 0.15) is 32.6 Å². The molecule has 1 aliphatic heterocycles. The number of esters is 1. The largest absolute Gasteiger partial charge is 0.468 e. The van der Waals surface area contributed by atoms with E-state index in [4.69, 9.17) is 4.74 Å². The Bertz CT molecular complexity index is 221. The topological polar surface area (TPSA) is 41.6 Å². The summed E-state index contributed by atoms with van der Waals surface area (Å²) in [5, 5.41) is 3.01. The van der Waals surface area contributed by atoms with Crippen LogP contribution in [0.25, 0.3) is 0 Å². The molecule has 0 radical (unpaired) electrons. The number of nitrogens with zero attached hydrogens (tertiary/aromatic N) is 1. The van der Waals surface area contributed by atoms with Crippen LogP contribution >= 0.6 is 0 Å². The Morgan fingerprint density at radius 3 is 2.94 bits per heavy atom. The minimum Gasteiger partial charge on any atom is -0.468 e. The number of nitrogens with one attached hydrogen (secondary N) is 1. The van der Waals surface area contributed by atoms with Gasteiger partial charge >= 0.3 is 5.97 Å². The molecule has 1 rings (SSSR count). The maximum absolute atomic E-state index is 11.4. The smallest absolute Gasteiger partial charge is 0.322 e. The summed E-state index contributed by atoms with van der Waals surface area (Å²) >= 11 is 0. The van der Waals surface area contributed by atoms with Crippen LogP contribution in [0, 0.1) is 0 Å². The predicted molar refractivity (Wildman–Crippen MR) is 64.4 cm³/mol. The van der Waals surface area contributed by atoms with E-state index in [1.54, 1.807) is 0 Å². The van der Waals surface area contributed by atoms with Crippen LogP contribution < -0.4 is 5.32 Å². The van der Waals surface area contributed by atoms with E-state index >= 15 is 0 Å². The monoisotopic (exact) mass is 228 g/mol. The van der Waals surface area contributed by atoms with E-state index in [2.05, 4.69) is 17.1 Å². The Morgan fingerprint density at radius 1 is 1.62 bits per heavy atom. The second-order valence-electron chi connectivity index (χ2n) is 4.39. The molecule has 1 aliphatic rings. The summed E-state index contributed by atoms with van der Waals surface area (Å²) < 4.78 is 4.75. The second-order valence-corrected chi connectivity index (χ2v) is 4.39. The lowest BCUT2D eigenvalue weighted by Crippen LogP contribution is -2.39. The Labute approximate surface area is 98.3 Å². The average molecular weight is 228 g/mol. The van der Waals surface area contributed by atoms with Gasteiger partial charge in [-0.05, 0) is 39.3 Å². The third kappa shape index (κ3) is 3.46. The van der Waals surface area contributed by atoms with Gasteiger partial charge in [-0.2, -0.15) is 0 Å². The van der Waals surface area contributed by atoms with E-state index in [0.29, 0.717) is 0 Å². The number of rotatable bonds is 6. The molecule has 0 spiro atoms. The van der Waals surface area contributed by atoms with E-state index in [-0.39, 0.29) is 12.0 Å². The third-order valence-electron chi connectivity index (χ3n) is 3.51. The quantitative estimate of drug-likeness (QED) is 0.689. The molecule has 1 fully saturated rings. The number of likely N-dealkylation sites (tertiary alicyclic amines) is 1. The Hall–Kier alpha value is -0.610. The lowest BCUT2D eigenvalue weighted by atomic mass is 10.1. The summed E-state index contributed by atoms with van der Waals surface area (Å²) in [5.74, 6) is -0.158. The molecule has 0 aliphatic carbocycles. The summed E-state index contributed by atoms with van der Waals surface area (Å²) in [5.41, 5.74) is 0. The van der Waals surface area contributed by atoms with Gasteiger partial charge in [0.25, 0.3) is 0 Å². The zero-order valence-corrected chi connectivity index (χ0v) is 10.7. The summed E-state index contributed by atoms with van der Waals surface area (Å²) in [7, 11) is 3.25. The fourth-order valence-corrected chi connectivity index (χ4v) is 2.47. The fourth-order valence-electron chi connectivity index (χ4n) is 2.47. The number of carbonyl (C=O) groups excluding carboxylic acids is 1. The molecule has 1 saturated heterocycles. The van der Waals surface area contributed by atoms with Crippen molar-refractivity contribution in [3.8, 4) is 0 Å². The van der Waals surface area contributed by atoms with Crippen molar-refractivity contribution in [3.05, 3.63) is 0 Å². The number of ether oxygens (including phenoxy) is 1. The summed E-state index contributed by atoms with van der Waals surface area (Å²) in [6, 6.07) is 0.554. The standard InChI is InChI=1S/C12H24N2O2/c1-4-10-6-5-8-14(10)9-7-11(13-2)12(15)16-3/h10-11,13H,4-9H2,1-3H3. The number of methoxy groups -OCH3 is 1. The van der Waals surface area contributed by atoms with Gasteiger partial charge < -0.3 is 15.0 Å². The molecule has 0 bridgehead atoms. The first kappa shape index (κ1) is 13.5. The lowest BCUT2D eigenvalue weighted by molar-refractivity contribution is -0.143. The predicted octanol–water partition coefficient (Wildman–Crippen LogP) is 1.01. The van der Waals surface area contributed by atoms with Crippen LogP contribution in [-0.2, 0) is 9.53 Å². The summed E-state index contributed by atoms with van der Waals surface area (Å²) in [6.07, 6.45) is 4.64. The molecule has 0 aromatic carbocycles. The lowest BCUT2D eigenvalue weighted by Gasteiger charge is -2.25. The van der Waals surface area contributed by atoms with Crippen LogP contribution in [0.3, 0.4) is 0 Å². The number of likely N-dealkylation sites (N-methyl/N-ethyl adjacent to an activating group) is 1. The van der Waals surface area contributed by atoms with Crippen molar-refractivity contribution in [2.45, 2.75) is 44.7 Å². The molecule has 0 saturated carbocycles. The molecule has 0 aromatic heterocycles. The molecular weight excluding hydrogens is 204 g/mol. The van der Waals surface area contributed by atoms with Gasteiger partial charge in [0.05, 0.1) is 7.11 Å². The SMILES string of the molecule is CCC1CCCN1CCC(NC)C(=O)OC. The molecule has 0 aromatic rings. The first-order valence-electron chi connectivity index (χ1n) is 6.22. The van der Waals surface area contributed by atoms with E-state index in [1.165, 1.54) is 32.9 Å². The second kappa shape index (κ2) is 6.86. The number of carbonyl (C=O) groups is 1. The Kier molecular flexibility index (Phi) is 5.77. The van der Waals surface area contributed by atoms with Gasteiger partial charge in [-0.25, -0.2) is 0 Å². The highest BCUT2D eigenvalue weighted by Crippen LogP contribution is 2.20. The highest BCUT2D eigenvalue weighted by Gasteiger charge is 2.24. The summed E-state index contributed by atoms with van der Waals surface area (Å²) in [6.45, 7) is 4.40. The van der Waals surface area contributed by atoms with Crippen molar-refractivity contribution in [1.29, 1.82) is 0 Å². The molecule has 4 heteroatoms. The van der Waals surface area contributed by atoms with E-state index in [0.717, 1.165) is 19.0 Å². The normalized spacial score (nSPS) is 23.3. The van der Waals surface area contributed by atoms with Gasteiger partial charge in [-0.15, -0.1) is 0 Å². The van der Waals surface area contributed by atoms with Gasteiger partial charge in [0.2, 0.25) is 0 Å². The van der Waals surface area contributed by atoms with Gasteiger partial charge in [0, 0.05) is 12.6 Å². The highest BCUT2D eigenvalue weighted by molar-refractivity contribution is 5.75. The van der Waals surface area contributed by atoms with Crippen molar-refractivity contribution in [3.63, 3.8) is 0 Å². The number of hydrogen-bond donors (Lipinski definition) is 1. The van der Waals surface area contributed by atoms with Crippen LogP contribution in [0.4, 0.5) is 0 Å². The molecule has 0 amide bonds. The van der Waals surface area contributed by atoms with Crippen molar-refractivity contribution in [2.75, 3.05) is 27.2 Å². The average Bonchev–Trinajstić information content (AvgIpc) is 2.76. The zero-order valence-electron chi connectivity index (χ0n) is 10.7. The Morgan fingerprint density at radius 2 is 2.38 bits per heavy atom. The molecular formula is C12H24N2O2. The van der Waals surface area contributed by atoms with Crippen molar-refractivity contribution in [2.24, 2.45) is 0 Å². The van der Waals surface area contributed by atoms with E-state index in [1.807, 2.05) is 7.05 Å². The molecule has 2 atom stereocenters. The minimum absolute atomic E-state index is 0.158. The van der Waals surface area contributed by atoms with Crippen molar-refractivity contribution >= 4 is 5.97 Å². The molecule has 1 heterocycles. The van der Waals surface area contributed by atoms with Gasteiger partial charge in [0.15, 0.2) is 0 Å². The first-order valence-corrected chi connectivity index (χ1v) is 6.22. The first-order chi connectivity index (χ1) is 7.72.